The number of nitro benzene ring substituents is 1. The van der Waals surface area contributed by atoms with Gasteiger partial charge >= 0.3 is 0 Å². The summed E-state index contributed by atoms with van der Waals surface area (Å²) in [6, 6.07) is 14.6. The van der Waals surface area contributed by atoms with Gasteiger partial charge in [-0.25, -0.2) is 0 Å². The molecule has 1 heterocycles. The summed E-state index contributed by atoms with van der Waals surface area (Å²) in [5, 5.41) is 10.8. The Labute approximate surface area is 147 Å². The normalized spacial score (nSPS) is 15.6. The van der Waals surface area contributed by atoms with E-state index in [4.69, 9.17) is 0 Å². The summed E-state index contributed by atoms with van der Waals surface area (Å²) >= 11 is 0. The number of benzene rings is 2. The lowest BCUT2D eigenvalue weighted by molar-refractivity contribution is -0.384. The first-order chi connectivity index (χ1) is 12.2. The first-order valence-corrected chi connectivity index (χ1v) is 8.51. The third-order valence-electron chi connectivity index (χ3n) is 4.48. The topological polar surface area (TPSA) is 62.0 Å². The van der Waals surface area contributed by atoms with Gasteiger partial charge in [-0.15, -0.1) is 0 Å². The molecule has 3 rings (SSSR count). The summed E-state index contributed by atoms with van der Waals surface area (Å²) in [6.07, 6.45) is 1.65. The number of anilines is 1. The standard InChI is InChI=1S/C19H22N4O2/c1-2-21-10-12-22(13-11-21)18-8-6-17(7-9-18)20-15-16-4-3-5-19(14-16)23(24)25/h3-9,14-15H,2,10-13H2,1H3. The number of nitro groups is 1. The molecule has 0 radical (unpaired) electrons. The van der Waals surface area contributed by atoms with Crippen LogP contribution < -0.4 is 4.90 Å². The minimum absolute atomic E-state index is 0.0746. The Kier molecular flexibility index (Phi) is 5.40. The number of rotatable bonds is 5. The minimum atomic E-state index is -0.398. The van der Waals surface area contributed by atoms with Gasteiger partial charge in [0, 0.05) is 50.2 Å². The fraction of sp³-hybridized carbons (Fsp3) is 0.316. The van der Waals surface area contributed by atoms with Crippen LogP contribution in [0, 0.1) is 10.1 Å². The number of aliphatic imine (C=N–C) groups is 1. The largest absolute Gasteiger partial charge is 0.369 e. The average Bonchev–Trinajstić information content (AvgIpc) is 2.67. The predicted octanol–water partition coefficient (Wildman–Crippen LogP) is 3.49. The zero-order chi connectivity index (χ0) is 17.6. The van der Waals surface area contributed by atoms with Gasteiger partial charge in [-0.3, -0.25) is 15.1 Å². The van der Waals surface area contributed by atoms with E-state index in [0.717, 1.165) is 38.4 Å². The van der Waals surface area contributed by atoms with Crippen molar-refractivity contribution < 1.29 is 4.92 Å². The van der Waals surface area contributed by atoms with Crippen molar-refractivity contribution in [3.8, 4) is 0 Å². The van der Waals surface area contributed by atoms with Gasteiger partial charge in [0.05, 0.1) is 10.6 Å². The molecule has 2 aromatic carbocycles. The molecule has 6 nitrogen and oxygen atoms in total. The second kappa shape index (κ2) is 7.90. The molecular weight excluding hydrogens is 316 g/mol. The Bertz CT molecular complexity index is 750. The van der Waals surface area contributed by atoms with Gasteiger partial charge < -0.3 is 9.80 Å². The highest BCUT2D eigenvalue weighted by atomic mass is 16.6. The summed E-state index contributed by atoms with van der Waals surface area (Å²) in [6.45, 7) is 7.60. The monoisotopic (exact) mass is 338 g/mol. The van der Waals surface area contributed by atoms with Crippen LogP contribution in [0.2, 0.25) is 0 Å². The molecule has 6 heteroatoms. The Morgan fingerprint density at radius 2 is 1.84 bits per heavy atom. The lowest BCUT2D eigenvalue weighted by Crippen LogP contribution is -2.46. The Morgan fingerprint density at radius 3 is 2.48 bits per heavy atom. The van der Waals surface area contributed by atoms with Crippen molar-refractivity contribution in [1.82, 2.24) is 4.90 Å². The lowest BCUT2D eigenvalue weighted by atomic mass is 10.2. The van der Waals surface area contributed by atoms with E-state index in [1.807, 2.05) is 12.1 Å². The molecule has 0 N–H and O–H groups in total. The summed E-state index contributed by atoms with van der Waals surface area (Å²) in [7, 11) is 0. The van der Waals surface area contributed by atoms with E-state index in [1.165, 1.54) is 17.8 Å². The molecule has 1 fully saturated rings. The second-order valence-corrected chi connectivity index (χ2v) is 6.05. The summed E-state index contributed by atoms with van der Waals surface area (Å²) in [5.41, 5.74) is 2.84. The molecule has 0 bridgehead atoms. The maximum Gasteiger partial charge on any atom is 0.270 e. The zero-order valence-corrected chi connectivity index (χ0v) is 14.3. The van der Waals surface area contributed by atoms with E-state index >= 15 is 0 Å². The molecule has 0 spiro atoms. The van der Waals surface area contributed by atoms with Crippen molar-refractivity contribution in [2.24, 2.45) is 4.99 Å². The van der Waals surface area contributed by atoms with Crippen LogP contribution in [0.1, 0.15) is 12.5 Å². The predicted molar refractivity (Wildman–Crippen MR) is 101 cm³/mol. The second-order valence-electron chi connectivity index (χ2n) is 6.05. The molecule has 130 valence electrons. The van der Waals surface area contributed by atoms with Crippen molar-refractivity contribution in [2.45, 2.75) is 6.92 Å². The first-order valence-electron chi connectivity index (χ1n) is 8.51. The average molecular weight is 338 g/mol. The Morgan fingerprint density at radius 1 is 1.12 bits per heavy atom. The van der Waals surface area contributed by atoms with Crippen LogP contribution in [0.4, 0.5) is 17.1 Å². The Hall–Kier alpha value is -2.73. The molecule has 2 aromatic rings. The lowest BCUT2D eigenvalue weighted by Gasteiger charge is -2.35. The molecule has 0 amide bonds. The van der Waals surface area contributed by atoms with E-state index in [9.17, 15) is 10.1 Å². The number of non-ortho nitro benzene ring substituents is 1. The first kappa shape index (κ1) is 17.1. The van der Waals surface area contributed by atoms with E-state index < -0.39 is 4.92 Å². The third kappa shape index (κ3) is 4.42. The molecule has 1 aliphatic rings. The van der Waals surface area contributed by atoms with Crippen LogP contribution in [0.3, 0.4) is 0 Å². The molecular formula is C19H22N4O2. The van der Waals surface area contributed by atoms with Crippen molar-refractivity contribution in [1.29, 1.82) is 0 Å². The molecule has 0 aromatic heterocycles. The highest BCUT2D eigenvalue weighted by Gasteiger charge is 2.15. The van der Waals surface area contributed by atoms with Crippen molar-refractivity contribution in [3.63, 3.8) is 0 Å². The van der Waals surface area contributed by atoms with Gasteiger partial charge in [0.25, 0.3) is 5.69 Å². The summed E-state index contributed by atoms with van der Waals surface area (Å²) in [4.78, 5) is 19.7. The molecule has 0 unspecified atom stereocenters. The zero-order valence-electron chi connectivity index (χ0n) is 14.3. The maximum atomic E-state index is 10.8. The van der Waals surface area contributed by atoms with E-state index in [1.54, 1.807) is 18.3 Å². The van der Waals surface area contributed by atoms with Crippen LogP contribution in [0.25, 0.3) is 0 Å². The fourth-order valence-corrected chi connectivity index (χ4v) is 2.94. The van der Waals surface area contributed by atoms with E-state index in [0.29, 0.717) is 5.56 Å². The molecule has 1 aliphatic heterocycles. The van der Waals surface area contributed by atoms with Crippen LogP contribution in [-0.4, -0.2) is 48.8 Å². The molecule has 0 saturated carbocycles. The van der Waals surface area contributed by atoms with Gasteiger partial charge in [-0.05, 0) is 36.4 Å². The third-order valence-corrected chi connectivity index (χ3v) is 4.48. The number of likely N-dealkylation sites (N-methyl/N-ethyl adjacent to an activating group) is 1. The molecule has 25 heavy (non-hydrogen) atoms. The van der Waals surface area contributed by atoms with Gasteiger partial charge in [0.1, 0.15) is 0 Å². The van der Waals surface area contributed by atoms with Crippen LogP contribution >= 0.6 is 0 Å². The van der Waals surface area contributed by atoms with Gasteiger partial charge in [-0.1, -0.05) is 19.1 Å². The van der Waals surface area contributed by atoms with Crippen LogP contribution in [-0.2, 0) is 0 Å². The van der Waals surface area contributed by atoms with Crippen LogP contribution in [0.15, 0.2) is 53.5 Å². The maximum absolute atomic E-state index is 10.8. The number of nitrogens with zero attached hydrogens (tertiary/aromatic N) is 4. The minimum Gasteiger partial charge on any atom is -0.369 e. The number of hydrogen-bond acceptors (Lipinski definition) is 5. The van der Waals surface area contributed by atoms with E-state index in [2.05, 4.69) is 33.8 Å². The fourth-order valence-electron chi connectivity index (χ4n) is 2.94. The van der Waals surface area contributed by atoms with Crippen molar-refractivity contribution in [2.75, 3.05) is 37.6 Å². The van der Waals surface area contributed by atoms with Crippen molar-refractivity contribution in [3.05, 3.63) is 64.2 Å². The van der Waals surface area contributed by atoms with Crippen LogP contribution in [0.5, 0.6) is 0 Å². The highest BCUT2D eigenvalue weighted by molar-refractivity contribution is 5.83. The number of piperazine rings is 1. The highest BCUT2D eigenvalue weighted by Crippen LogP contribution is 2.21. The summed E-state index contributed by atoms with van der Waals surface area (Å²) < 4.78 is 0. The number of hydrogen-bond donors (Lipinski definition) is 0. The smallest absolute Gasteiger partial charge is 0.270 e. The van der Waals surface area contributed by atoms with Gasteiger partial charge in [0.2, 0.25) is 0 Å². The molecule has 1 saturated heterocycles. The van der Waals surface area contributed by atoms with Crippen molar-refractivity contribution >= 4 is 23.3 Å². The molecule has 0 aliphatic carbocycles. The SMILES string of the molecule is CCN1CCN(c2ccc(N=Cc3cccc([N+](=O)[O-])c3)cc2)CC1. The van der Waals surface area contributed by atoms with E-state index in [-0.39, 0.29) is 5.69 Å². The van der Waals surface area contributed by atoms with Gasteiger partial charge in [0.15, 0.2) is 0 Å². The summed E-state index contributed by atoms with van der Waals surface area (Å²) in [5.74, 6) is 0. The van der Waals surface area contributed by atoms with Gasteiger partial charge in [-0.2, -0.15) is 0 Å². The molecule has 0 atom stereocenters. The quantitative estimate of drug-likeness (QED) is 0.476. The Balaban J connectivity index is 1.65.